The van der Waals surface area contributed by atoms with Crippen molar-refractivity contribution >= 4 is 23.3 Å². The molecule has 2 aliphatic rings. The molecule has 0 atom stereocenters. The third kappa shape index (κ3) is 5.57. The van der Waals surface area contributed by atoms with E-state index in [9.17, 15) is 4.79 Å². The van der Waals surface area contributed by atoms with Crippen molar-refractivity contribution in [3.8, 4) is 17.1 Å². The third-order valence-corrected chi connectivity index (χ3v) is 6.96. The standard InChI is InChI=1S/C25H29ClN6O3/c1-34-21-5-2-18(3-6-21)24-28-23(35-29-24)17-30-12-14-32(15-13-30)25(33)19-8-10-31(11-9-19)22-7-4-20(26)16-27-22/h2-7,16,19H,8-15,17H2,1H3. The normalized spacial score (nSPS) is 17.5. The molecule has 10 heteroatoms. The van der Waals surface area contributed by atoms with E-state index in [4.69, 9.17) is 20.9 Å². The number of pyridine rings is 1. The van der Waals surface area contributed by atoms with Crippen molar-refractivity contribution in [2.75, 3.05) is 51.3 Å². The third-order valence-electron chi connectivity index (χ3n) is 6.74. The number of aromatic nitrogens is 3. The molecule has 2 fully saturated rings. The molecule has 1 aromatic carbocycles. The fraction of sp³-hybridized carbons (Fsp3) is 0.440. The van der Waals surface area contributed by atoms with Gasteiger partial charge in [0.25, 0.3) is 0 Å². The molecule has 184 valence electrons. The van der Waals surface area contributed by atoms with E-state index in [1.165, 1.54) is 0 Å². The lowest BCUT2D eigenvalue weighted by Crippen LogP contribution is -2.51. The summed E-state index contributed by atoms with van der Waals surface area (Å²) in [4.78, 5) is 28.5. The molecule has 2 aromatic heterocycles. The van der Waals surface area contributed by atoms with E-state index in [1.807, 2.05) is 41.3 Å². The Morgan fingerprint density at radius 2 is 1.80 bits per heavy atom. The summed E-state index contributed by atoms with van der Waals surface area (Å²) in [5, 5.41) is 4.74. The number of rotatable bonds is 6. The Kier molecular flexibility index (Phi) is 7.15. The molecule has 2 saturated heterocycles. The van der Waals surface area contributed by atoms with E-state index in [0.29, 0.717) is 23.3 Å². The monoisotopic (exact) mass is 496 g/mol. The number of carbonyl (C=O) groups excluding carboxylic acids is 1. The number of nitrogens with zero attached hydrogens (tertiary/aromatic N) is 6. The van der Waals surface area contributed by atoms with Crippen LogP contribution in [-0.2, 0) is 11.3 Å². The maximum Gasteiger partial charge on any atom is 0.241 e. The van der Waals surface area contributed by atoms with Gasteiger partial charge < -0.3 is 19.1 Å². The Balaban J connectivity index is 1.08. The van der Waals surface area contributed by atoms with Crippen molar-refractivity contribution in [2.45, 2.75) is 19.4 Å². The number of hydrogen-bond donors (Lipinski definition) is 0. The van der Waals surface area contributed by atoms with E-state index in [0.717, 1.165) is 69.2 Å². The first-order chi connectivity index (χ1) is 17.1. The second kappa shape index (κ2) is 10.6. The quantitative estimate of drug-likeness (QED) is 0.513. The highest BCUT2D eigenvalue weighted by molar-refractivity contribution is 6.30. The van der Waals surface area contributed by atoms with Gasteiger partial charge in [0, 0.05) is 56.9 Å². The van der Waals surface area contributed by atoms with Gasteiger partial charge in [-0.05, 0) is 49.2 Å². The average Bonchev–Trinajstić information content (AvgIpc) is 3.38. The Hall–Kier alpha value is -3.17. The van der Waals surface area contributed by atoms with Gasteiger partial charge in [-0.2, -0.15) is 4.98 Å². The van der Waals surface area contributed by atoms with Crippen molar-refractivity contribution in [3.05, 3.63) is 53.5 Å². The van der Waals surface area contributed by atoms with E-state index in [1.54, 1.807) is 13.3 Å². The van der Waals surface area contributed by atoms with Gasteiger partial charge in [0.1, 0.15) is 11.6 Å². The lowest BCUT2D eigenvalue weighted by atomic mass is 9.95. The first-order valence-corrected chi connectivity index (χ1v) is 12.3. The summed E-state index contributed by atoms with van der Waals surface area (Å²) in [6, 6.07) is 11.4. The lowest BCUT2D eigenvalue weighted by Gasteiger charge is -2.38. The Morgan fingerprint density at radius 3 is 2.46 bits per heavy atom. The van der Waals surface area contributed by atoms with Gasteiger partial charge >= 0.3 is 0 Å². The van der Waals surface area contributed by atoms with Crippen LogP contribution >= 0.6 is 11.6 Å². The zero-order valence-corrected chi connectivity index (χ0v) is 20.5. The highest BCUT2D eigenvalue weighted by atomic mass is 35.5. The minimum absolute atomic E-state index is 0.0769. The van der Waals surface area contributed by atoms with Crippen LogP contribution in [0.5, 0.6) is 5.75 Å². The average molecular weight is 497 g/mol. The molecule has 1 amide bonds. The molecule has 2 aliphatic heterocycles. The smallest absolute Gasteiger partial charge is 0.241 e. The molecule has 0 bridgehead atoms. The molecule has 0 unspecified atom stereocenters. The topological polar surface area (TPSA) is 87.8 Å². The summed E-state index contributed by atoms with van der Waals surface area (Å²) in [5.41, 5.74) is 0.883. The summed E-state index contributed by atoms with van der Waals surface area (Å²) in [6.07, 6.45) is 3.36. The molecule has 0 aliphatic carbocycles. The van der Waals surface area contributed by atoms with Crippen LogP contribution in [0.25, 0.3) is 11.4 Å². The number of carbonyl (C=O) groups is 1. The largest absolute Gasteiger partial charge is 0.497 e. The zero-order chi connectivity index (χ0) is 24.2. The molecule has 5 rings (SSSR count). The summed E-state index contributed by atoms with van der Waals surface area (Å²) in [7, 11) is 1.64. The summed E-state index contributed by atoms with van der Waals surface area (Å²) < 4.78 is 10.7. The second-order valence-corrected chi connectivity index (χ2v) is 9.37. The van der Waals surface area contributed by atoms with Crippen LogP contribution in [0.1, 0.15) is 18.7 Å². The van der Waals surface area contributed by atoms with Gasteiger partial charge in [-0.15, -0.1) is 0 Å². The Morgan fingerprint density at radius 1 is 1.06 bits per heavy atom. The molecule has 4 heterocycles. The van der Waals surface area contributed by atoms with Crippen LogP contribution in [0.15, 0.2) is 47.1 Å². The van der Waals surface area contributed by atoms with Crippen molar-refractivity contribution < 1.29 is 14.1 Å². The van der Waals surface area contributed by atoms with Gasteiger partial charge in [-0.1, -0.05) is 16.8 Å². The summed E-state index contributed by atoms with van der Waals surface area (Å²) in [5.74, 6) is 3.20. The fourth-order valence-corrected chi connectivity index (χ4v) is 4.77. The number of halogens is 1. The van der Waals surface area contributed by atoms with Gasteiger partial charge in [-0.3, -0.25) is 9.69 Å². The molecular formula is C25H29ClN6O3. The Bertz CT molecular complexity index is 1120. The highest BCUT2D eigenvalue weighted by Gasteiger charge is 2.31. The van der Waals surface area contributed by atoms with Crippen LogP contribution < -0.4 is 9.64 Å². The molecule has 0 N–H and O–H groups in total. The number of amides is 1. The van der Waals surface area contributed by atoms with Gasteiger partial charge in [-0.25, -0.2) is 4.98 Å². The molecule has 9 nitrogen and oxygen atoms in total. The minimum atomic E-state index is 0.0769. The summed E-state index contributed by atoms with van der Waals surface area (Å²) >= 11 is 5.94. The van der Waals surface area contributed by atoms with Crippen LogP contribution in [0.3, 0.4) is 0 Å². The van der Waals surface area contributed by atoms with E-state index >= 15 is 0 Å². The number of anilines is 1. The number of piperazine rings is 1. The number of hydrogen-bond acceptors (Lipinski definition) is 8. The van der Waals surface area contributed by atoms with Crippen LogP contribution in [0.2, 0.25) is 5.02 Å². The van der Waals surface area contributed by atoms with Crippen molar-refractivity contribution in [3.63, 3.8) is 0 Å². The molecule has 0 radical (unpaired) electrons. The lowest BCUT2D eigenvalue weighted by molar-refractivity contribution is -0.138. The Labute approximate surface area is 209 Å². The maximum absolute atomic E-state index is 13.1. The predicted octanol–water partition coefficient (Wildman–Crippen LogP) is 3.35. The van der Waals surface area contributed by atoms with Crippen LogP contribution in [0.4, 0.5) is 5.82 Å². The molecule has 0 spiro atoms. The number of benzene rings is 1. The maximum atomic E-state index is 13.1. The van der Waals surface area contributed by atoms with Gasteiger partial charge in [0.15, 0.2) is 0 Å². The van der Waals surface area contributed by atoms with Crippen LogP contribution in [-0.4, -0.2) is 77.2 Å². The molecule has 0 saturated carbocycles. The number of methoxy groups -OCH3 is 1. The SMILES string of the molecule is COc1ccc(-c2noc(CN3CCN(C(=O)C4CCN(c5ccc(Cl)cn5)CC4)CC3)n2)cc1. The van der Waals surface area contributed by atoms with E-state index in [2.05, 4.69) is 24.9 Å². The molecule has 35 heavy (non-hydrogen) atoms. The first-order valence-electron chi connectivity index (χ1n) is 11.9. The fourth-order valence-electron chi connectivity index (χ4n) is 4.66. The highest BCUT2D eigenvalue weighted by Crippen LogP contribution is 2.25. The molecular weight excluding hydrogens is 468 g/mol. The van der Waals surface area contributed by atoms with E-state index < -0.39 is 0 Å². The van der Waals surface area contributed by atoms with E-state index in [-0.39, 0.29) is 11.8 Å². The first kappa shape index (κ1) is 23.6. The van der Waals surface area contributed by atoms with Crippen molar-refractivity contribution in [1.82, 2.24) is 24.9 Å². The predicted molar refractivity (Wildman–Crippen MR) is 132 cm³/mol. The number of ether oxygens (including phenoxy) is 1. The zero-order valence-electron chi connectivity index (χ0n) is 19.8. The number of piperidine rings is 1. The molecule has 3 aromatic rings. The van der Waals surface area contributed by atoms with Crippen LogP contribution in [0, 0.1) is 5.92 Å². The van der Waals surface area contributed by atoms with Gasteiger partial charge in [0.05, 0.1) is 18.7 Å². The summed E-state index contributed by atoms with van der Waals surface area (Å²) in [6.45, 7) is 5.27. The van der Waals surface area contributed by atoms with Gasteiger partial charge in [0.2, 0.25) is 17.6 Å². The van der Waals surface area contributed by atoms with Crippen molar-refractivity contribution in [2.24, 2.45) is 5.92 Å². The van der Waals surface area contributed by atoms with Crippen molar-refractivity contribution in [1.29, 1.82) is 0 Å². The second-order valence-electron chi connectivity index (χ2n) is 8.94. The minimum Gasteiger partial charge on any atom is -0.497 e.